The normalized spacial score (nSPS) is 16.9. The summed E-state index contributed by atoms with van der Waals surface area (Å²) >= 11 is 12.3. The standard InChI is InChI=1S/C18H22Cl2N4O/c1-13-17(20)11-21-24(13)14(2)18(25)23-9-7-22(8-10-23)12-15-5-3-4-6-16(15)19/h3-6,11,14H,7-10,12H2,1-2H3. The number of carbonyl (C=O) groups is 1. The quantitative estimate of drug-likeness (QED) is 0.815. The number of amides is 1. The molecule has 1 fully saturated rings. The molecule has 1 saturated heterocycles. The molecule has 1 aliphatic rings. The minimum Gasteiger partial charge on any atom is -0.338 e. The van der Waals surface area contributed by atoms with E-state index in [-0.39, 0.29) is 11.9 Å². The third-order valence-corrected chi connectivity index (χ3v) is 5.48. The molecule has 0 aliphatic carbocycles. The third kappa shape index (κ3) is 4.00. The van der Waals surface area contributed by atoms with Gasteiger partial charge < -0.3 is 4.90 Å². The van der Waals surface area contributed by atoms with Crippen LogP contribution in [0.4, 0.5) is 0 Å². The van der Waals surface area contributed by atoms with Crippen LogP contribution in [0.25, 0.3) is 0 Å². The van der Waals surface area contributed by atoms with Gasteiger partial charge in [-0.05, 0) is 25.5 Å². The Morgan fingerprint density at radius 2 is 1.84 bits per heavy atom. The number of halogens is 2. The zero-order valence-corrected chi connectivity index (χ0v) is 16.0. The lowest BCUT2D eigenvalue weighted by Crippen LogP contribution is -2.50. The van der Waals surface area contributed by atoms with Gasteiger partial charge in [0.15, 0.2) is 0 Å². The average molecular weight is 381 g/mol. The van der Waals surface area contributed by atoms with E-state index in [9.17, 15) is 4.79 Å². The van der Waals surface area contributed by atoms with Crippen LogP contribution >= 0.6 is 23.2 Å². The molecule has 5 nitrogen and oxygen atoms in total. The van der Waals surface area contributed by atoms with Gasteiger partial charge in [0.1, 0.15) is 6.04 Å². The summed E-state index contributed by atoms with van der Waals surface area (Å²) in [7, 11) is 0. The fourth-order valence-electron chi connectivity index (χ4n) is 3.16. The van der Waals surface area contributed by atoms with Gasteiger partial charge in [-0.15, -0.1) is 0 Å². The van der Waals surface area contributed by atoms with E-state index >= 15 is 0 Å². The van der Waals surface area contributed by atoms with Crippen LogP contribution in [0.3, 0.4) is 0 Å². The zero-order valence-electron chi connectivity index (χ0n) is 14.5. The monoisotopic (exact) mass is 380 g/mol. The number of benzene rings is 1. The summed E-state index contributed by atoms with van der Waals surface area (Å²) in [5, 5.41) is 5.60. The lowest BCUT2D eigenvalue weighted by molar-refractivity contribution is -0.136. The Balaban J connectivity index is 1.57. The van der Waals surface area contributed by atoms with Crippen molar-refractivity contribution in [1.82, 2.24) is 19.6 Å². The van der Waals surface area contributed by atoms with Crippen molar-refractivity contribution in [2.24, 2.45) is 0 Å². The van der Waals surface area contributed by atoms with Crippen molar-refractivity contribution in [1.29, 1.82) is 0 Å². The number of rotatable bonds is 4. The van der Waals surface area contributed by atoms with E-state index in [4.69, 9.17) is 23.2 Å². The fourth-order valence-corrected chi connectivity index (χ4v) is 3.48. The molecule has 1 aliphatic heterocycles. The molecule has 1 aromatic heterocycles. The van der Waals surface area contributed by atoms with Gasteiger partial charge in [0.25, 0.3) is 0 Å². The van der Waals surface area contributed by atoms with Gasteiger partial charge in [0, 0.05) is 37.7 Å². The average Bonchev–Trinajstić information content (AvgIpc) is 2.95. The lowest BCUT2D eigenvalue weighted by atomic mass is 10.2. The largest absolute Gasteiger partial charge is 0.338 e. The maximum atomic E-state index is 12.8. The second-order valence-electron chi connectivity index (χ2n) is 6.39. The number of hydrogen-bond donors (Lipinski definition) is 0. The molecule has 1 unspecified atom stereocenters. The van der Waals surface area contributed by atoms with Gasteiger partial charge in [-0.25, -0.2) is 0 Å². The van der Waals surface area contributed by atoms with Crippen LogP contribution in [0.2, 0.25) is 10.0 Å². The van der Waals surface area contributed by atoms with Crippen LogP contribution in [0.5, 0.6) is 0 Å². The molecule has 134 valence electrons. The highest BCUT2D eigenvalue weighted by molar-refractivity contribution is 6.31. The molecule has 0 radical (unpaired) electrons. The number of nitrogens with zero attached hydrogens (tertiary/aromatic N) is 4. The Morgan fingerprint density at radius 1 is 1.16 bits per heavy atom. The van der Waals surface area contributed by atoms with Crippen molar-refractivity contribution in [2.45, 2.75) is 26.4 Å². The second-order valence-corrected chi connectivity index (χ2v) is 7.21. The molecule has 0 spiro atoms. The molecule has 2 heterocycles. The molecule has 2 aromatic rings. The summed E-state index contributed by atoms with van der Waals surface area (Å²) in [5.41, 5.74) is 1.94. The molecular weight excluding hydrogens is 359 g/mol. The first-order valence-corrected chi connectivity index (χ1v) is 9.17. The van der Waals surface area contributed by atoms with E-state index in [0.717, 1.165) is 35.9 Å². The van der Waals surface area contributed by atoms with Gasteiger partial charge in [-0.1, -0.05) is 41.4 Å². The van der Waals surface area contributed by atoms with E-state index in [2.05, 4.69) is 10.00 Å². The topological polar surface area (TPSA) is 41.4 Å². The Morgan fingerprint density at radius 3 is 2.44 bits per heavy atom. The summed E-state index contributed by atoms with van der Waals surface area (Å²) < 4.78 is 1.70. The number of piperazine rings is 1. The minimum atomic E-state index is -0.345. The van der Waals surface area contributed by atoms with E-state index < -0.39 is 0 Å². The molecule has 0 N–H and O–H groups in total. The van der Waals surface area contributed by atoms with Gasteiger partial charge in [-0.2, -0.15) is 5.10 Å². The minimum absolute atomic E-state index is 0.0836. The maximum Gasteiger partial charge on any atom is 0.247 e. The van der Waals surface area contributed by atoms with Crippen molar-refractivity contribution in [3.05, 3.63) is 51.8 Å². The van der Waals surface area contributed by atoms with E-state index in [1.807, 2.05) is 43.0 Å². The summed E-state index contributed by atoms with van der Waals surface area (Å²) in [5.74, 6) is 0.0836. The first-order valence-electron chi connectivity index (χ1n) is 8.41. The Labute approximate surface area is 158 Å². The van der Waals surface area contributed by atoms with Gasteiger partial charge in [0.05, 0.1) is 16.9 Å². The number of carbonyl (C=O) groups excluding carboxylic acids is 1. The smallest absolute Gasteiger partial charge is 0.247 e. The van der Waals surface area contributed by atoms with Gasteiger partial charge >= 0.3 is 0 Å². The van der Waals surface area contributed by atoms with Crippen LogP contribution < -0.4 is 0 Å². The van der Waals surface area contributed by atoms with Crippen molar-refractivity contribution in [3.63, 3.8) is 0 Å². The summed E-state index contributed by atoms with van der Waals surface area (Å²) in [6, 6.07) is 7.55. The van der Waals surface area contributed by atoms with Crippen LogP contribution in [-0.2, 0) is 11.3 Å². The van der Waals surface area contributed by atoms with Gasteiger partial charge in [-0.3, -0.25) is 14.4 Å². The Kier molecular flexibility index (Phi) is 5.67. The molecule has 0 saturated carbocycles. The molecule has 25 heavy (non-hydrogen) atoms. The van der Waals surface area contributed by atoms with Crippen LogP contribution in [0.1, 0.15) is 24.2 Å². The highest BCUT2D eigenvalue weighted by Gasteiger charge is 2.27. The van der Waals surface area contributed by atoms with Crippen molar-refractivity contribution in [2.75, 3.05) is 26.2 Å². The number of hydrogen-bond acceptors (Lipinski definition) is 3. The molecule has 3 rings (SSSR count). The molecular formula is C18H22Cl2N4O. The van der Waals surface area contributed by atoms with Crippen LogP contribution in [0, 0.1) is 6.92 Å². The van der Waals surface area contributed by atoms with Crippen molar-refractivity contribution in [3.8, 4) is 0 Å². The van der Waals surface area contributed by atoms with E-state index in [1.165, 1.54) is 0 Å². The predicted molar refractivity (Wildman–Crippen MR) is 100.0 cm³/mol. The number of aromatic nitrogens is 2. The van der Waals surface area contributed by atoms with Gasteiger partial charge in [0.2, 0.25) is 5.91 Å². The highest BCUT2D eigenvalue weighted by atomic mass is 35.5. The SMILES string of the molecule is Cc1c(Cl)cnn1C(C)C(=O)N1CCN(Cc2ccccc2Cl)CC1. The van der Waals surface area contributed by atoms with Crippen LogP contribution in [0.15, 0.2) is 30.5 Å². The maximum absolute atomic E-state index is 12.8. The molecule has 1 amide bonds. The summed E-state index contributed by atoms with van der Waals surface area (Å²) in [4.78, 5) is 17.0. The zero-order chi connectivity index (χ0) is 18.0. The second kappa shape index (κ2) is 7.77. The molecule has 1 atom stereocenters. The van der Waals surface area contributed by atoms with E-state index in [1.54, 1.807) is 10.9 Å². The Hall–Kier alpha value is -1.56. The first-order chi connectivity index (χ1) is 12.0. The van der Waals surface area contributed by atoms with Crippen molar-refractivity contribution < 1.29 is 4.79 Å². The molecule has 7 heteroatoms. The molecule has 1 aromatic carbocycles. The molecule has 0 bridgehead atoms. The third-order valence-electron chi connectivity index (χ3n) is 4.74. The van der Waals surface area contributed by atoms with Crippen LogP contribution in [-0.4, -0.2) is 51.7 Å². The van der Waals surface area contributed by atoms with E-state index in [0.29, 0.717) is 18.1 Å². The first kappa shape index (κ1) is 18.2. The summed E-state index contributed by atoms with van der Waals surface area (Å²) in [6.45, 7) is 7.65. The fraction of sp³-hybridized carbons (Fsp3) is 0.444. The highest BCUT2D eigenvalue weighted by Crippen LogP contribution is 2.21. The van der Waals surface area contributed by atoms with Crippen molar-refractivity contribution >= 4 is 29.1 Å². The lowest BCUT2D eigenvalue weighted by Gasteiger charge is -2.36. The summed E-state index contributed by atoms with van der Waals surface area (Å²) in [6.07, 6.45) is 1.59. The predicted octanol–water partition coefficient (Wildman–Crippen LogP) is 3.40. The Bertz CT molecular complexity index is 753.